The fourth-order valence-corrected chi connectivity index (χ4v) is 2.57. The van der Waals surface area contributed by atoms with Gasteiger partial charge in [0.15, 0.2) is 5.49 Å². The largest absolute Gasteiger partial charge is 0.394 e. The van der Waals surface area contributed by atoms with Crippen LogP contribution in [0.15, 0.2) is 11.3 Å². The van der Waals surface area contributed by atoms with Crippen LogP contribution in [-0.2, 0) is 4.74 Å². The second-order valence-corrected chi connectivity index (χ2v) is 5.18. The van der Waals surface area contributed by atoms with E-state index in [0.29, 0.717) is 23.9 Å². The number of aliphatic hydroxyl groups excluding tert-OH is 2. The predicted octanol–water partition coefficient (Wildman–Crippen LogP) is -1.96. The Kier molecular flexibility index (Phi) is 3.25. The molecule has 3 atom stereocenters. The zero-order valence-corrected chi connectivity index (χ0v) is 11.4. The van der Waals surface area contributed by atoms with E-state index < -0.39 is 12.2 Å². The van der Waals surface area contributed by atoms with Crippen molar-refractivity contribution in [3.63, 3.8) is 0 Å². The molecule has 1 aromatic heterocycles. The monoisotopic (exact) mass is 284 g/mol. The van der Waals surface area contributed by atoms with Crippen molar-refractivity contribution in [1.29, 1.82) is 0 Å². The van der Waals surface area contributed by atoms with Crippen LogP contribution >= 0.6 is 12.6 Å². The van der Waals surface area contributed by atoms with Crippen LogP contribution in [0.3, 0.4) is 0 Å². The summed E-state index contributed by atoms with van der Waals surface area (Å²) >= 11 is 4.42. The Bertz CT molecular complexity index is 602. The first-order chi connectivity index (χ1) is 9.11. The van der Waals surface area contributed by atoms with E-state index in [-0.39, 0.29) is 12.8 Å². The van der Waals surface area contributed by atoms with E-state index in [4.69, 9.17) is 9.84 Å². The van der Waals surface area contributed by atoms with Crippen LogP contribution in [0.2, 0.25) is 0 Å². The lowest BCUT2D eigenvalue weighted by Crippen LogP contribution is -2.41. The highest BCUT2D eigenvalue weighted by atomic mass is 32.1. The van der Waals surface area contributed by atoms with Gasteiger partial charge in [0.05, 0.1) is 24.1 Å². The van der Waals surface area contributed by atoms with Crippen molar-refractivity contribution in [1.82, 2.24) is 14.5 Å². The van der Waals surface area contributed by atoms with Gasteiger partial charge in [0.1, 0.15) is 24.3 Å². The number of nitrogens with zero attached hydrogens (tertiary/aromatic N) is 4. The van der Waals surface area contributed by atoms with Gasteiger partial charge < -0.3 is 19.8 Å². The quantitative estimate of drug-likeness (QED) is 0.550. The zero-order chi connectivity index (χ0) is 13.6. The van der Waals surface area contributed by atoms with E-state index in [9.17, 15) is 5.11 Å². The van der Waals surface area contributed by atoms with Crippen LogP contribution in [0.25, 0.3) is 5.03 Å². The number of hydrogen-bond acceptors (Lipinski definition) is 7. The summed E-state index contributed by atoms with van der Waals surface area (Å²) in [6.45, 7) is 0.314. The maximum absolute atomic E-state index is 9.78. The van der Waals surface area contributed by atoms with Crippen molar-refractivity contribution in [2.24, 2.45) is 4.99 Å². The van der Waals surface area contributed by atoms with Crippen molar-refractivity contribution in [3.05, 3.63) is 17.2 Å². The number of imidazole rings is 1. The van der Waals surface area contributed by atoms with Crippen molar-refractivity contribution in [2.45, 2.75) is 24.9 Å². The van der Waals surface area contributed by atoms with E-state index in [1.54, 1.807) is 10.9 Å². The van der Waals surface area contributed by atoms with Gasteiger partial charge in [-0.3, -0.25) is 4.57 Å². The molecular weight excluding hydrogens is 268 g/mol. The summed E-state index contributed by atoms with van der Waals surface area (Å²) in [4.78, 5) is 10.6. The van der Waals surface area contributed by atoms with E-state index >= 15 is 0 Å². The summed E-state index contributed by atoms with van der Waals surface area (Å²) in [5.74, 6) is 0. The van der Waals surface area contributed by atoms with Gasteiger partial charge in [-0.25, -0.2) is 9.98 Å². The lowest BCUT2D eigenvalue weighted by molar-refractivity contribution is -0.0456. The highest BCUT2D eigenvalue weighted by molar-refractivity contribution is 7.89. The van der Waals surface area contributed by atoms with Gasteiger partial charge in [0, 0.05) is 13.5 Å². The third-order valence-corrected chi connectivity index (χ3v) is 4.02. The minimum Gasteiger partial charge on any atom is -0.394 e. The second kappa shape index (κ2) is 4.78. The molecule has 0 aromatic carbocycles. The van der Waals surface area contributed by atoms with Crippen LogP contribution in [0, 0.1) is 0 Å². The lowest BCUT2D eigenvalue weighted by atomic mass is 10.2. The van der Waals surface area contributed by atoms with Gasteiger partial charge >= 0.3 is 0 Å². The van der Waals surface area contributed by atoms with E-state index in [1.165, 1.54) is 0 Å². The number of rotatable bonds is 2. The number of aromatic nitrogens is 2. The van der Waals surface area contributed by atoms with E-state index in [1.807, 2.05) is 11.9 Å². The van der Waals surface area contributed by atoms with Crippen LogP contribution in [0.4, 0.5) is 0 Å². The minimum absolute atomic E-state index is 0.196. The Labute approximate surface area is 115 Å². The molecule has 3 heterocycles. The molecule has 0 aliphatic carbocycles. The first-order valence-electron chi connectivity index (χ1n) is 6.08. The van der Waals surface area contributed by atoms with Gasteiger partial charge in [-0.1, -0.05) is 0 Å². The fraction of sp³-hybridized carbons (Fsp3) is 0.636. The maximum atomic E-state index is 9.78. The Hall–Kier alpha value is -1.09. The van der Waals surface area contributed by atoms with Gasteiger partial charge in [-0.05, 0) is 0 Å². The molecule has 0 radical (unpaired) electrons. The summed E-state index contributed by atoms with van der Waals surface area (Å²) in [6.07, 6.45) is 0.492. The molecule has 19 heavy (non-hydrogen) atoms. The summed E-state index contributed by atoms with van der Waals surface area (Å²) in [5.41, 5.74) is 0.707. The summed E-state index contributed by atoms with van der Waals surface area (Å²) in [6, 6.07) is 0. The summed E-state index contributed by atoms with van der Waals surface area (Å²) in [5, 5.41) is 20.4. The molecule has 2 aliphatic rings. The van der Waals surface area contributed by atoms with Crippen molar-refractivity contribution in [2.75, 3.05) is 20.3 Å². The minimum atomic E-state index is -0.668. The molecule has 0 spiro atoms. The van der Waals surface area contributed by atoms with E-state index in [0.717, 1.165) is 5.03 Å². The zero-order valence-electron chi connectivity index (χ0n) is 10.5. The molecule has 2 aliphatic heterocycles. The SMILES string of the molecule is CN1CN=c2c(ncn2[C@H]2C[C@H](O)[C@@H](CO)O2)=C1S. The Morgan fingerprint density at radius 1 is 1.58 bits per heavy atom. The average Bonchev–Trinajstić information content (AvgIpc) is 2.97. The molecule has 0 amide bonds. The summed E-state index contributed by atoms with van der Waals surface area (Å²) < 4.78 is 7.40. The van der Waals surface area contributed by atoms with Gasteiger partial charge in [-0.15, -0.1) is 12.6 Å². The van der Waals surface area contributed by atoms with Crippen LogP contribution in [0.1, 0.15) is 12.6 Å². The lowest BCUT2D eigenvalue weighted by Gasteiger charge is -2.19. The van der Waals surface area contributed by atoms with Gasteiger partial charge in [0.25, 0.3) is 0 Å². The smallest absolute Gasteiger partial charge is 0.161 e. The first-order valence-corrected chi connectivity index (χ1v) is 6.52. The number of ether oxygens (including phenoxy) is 1. The molecular formula is C11H16N4O3S. The Morgan fingerprint density at radius 3 is 3.05 bits per heavy atom. The second-order valence-electron chi connectivity index (χ2n) is 4.76. The maximum Gasteiger partial charge on any atom is 0.161 e. The molecule has 1 aromatic rings. The van der Waals surface area contributed by atoms with Crippen molar-refractivity contribution in [3.8, 4) is 0 Å². The fourth-order valence-electron chi connectivity index (χ4n) is 2.35. The Morgan fingerprint density at radius 2 is 2.37 bits per heavy atom. The van der Waals surface area contributed by atoms with Gasteiger partial charge in [0.2, 0.25) is 0 Å². The molecule has 104 valence electrons. The molecule has 0 unspecified atom stereocenters. The Balaban J connectivity index is 2.00. The van der Waals surface area contributed by atoms with E-state index in [2.05, 4.69) is 22.6 Å². The van der Waals surface area contributed by atoms with Gasteiger partial charge in [-0.2, -0.15) is 0 Å². The third-order valence-electron chi connectivity index (χ3n) is 3.47. The highest BCUT2D eigenvalue weighted by Crippen LogP contribution is 2.27. The van der Waals surface area contributed by atoms with Crippen LogP contribution in [0.5, 0.6) is 0 Å². The molecule has 1 saturated heterocycles. The molecule has 7 nitrogen and oxygen atoms in total. The van der Waals surface area contributed by atoms with Crippen LogP contribution in [-0.4, -0.2) is 57.2 Å². The molecule has 2 N–H and O–H groups in total. The number of thiol groups is 1. The summed E-state index contributed by atoms with van der Waals surface area (Å²) in [7, 11) is 1.89. The number of hydrogen-bond donors (Lipinski definition) is 3. The number of aliphatic hydroxyl groups is 2. The highest BCUT2D eigenvalue weighted by Gasteiger charge is 2.35. The third kappa shape index (κ3) is 2.04. The van der Waals surface area contributed by atoms with Crippen molar-refractivity contribution >= 4 is 17.7 Å². The molecule has 0 saturated carbocycles. The topological polar surface area (TPSA) is 83.1 Å². The molecule has 3 rings (SSSR count). The van der Waals surface area contributed by atoms with Crippen LogP contribution < -0.4 is 10.8 Å². The number of fused-ring (bicyclic) bond motifs is 1. The standard InChI is InChI=1S/C11H16N4O3S/c1-14-4-13-10-9(11(14)19)12-5-15(10)8-2-6(17)7(3-16)18-8/h5-8,16-17,19H,2-4H2,1H3/t6-,7+,8+/m0/s1. The molecule has 8 heteroatoms. The van der Waals surface area contributed by atoms with Crippen molar-refractivity contribution < 1.29 is 14.9 Å². The first kappa shape index (κ1) is 12.9. The predicted molar refractivity (Wildman–Crippen MR) is 69.7 cm³/mol. The average molecular weight is 284 g/mol. The molecule has 0 bridgehead atoms. The molecule has 1 fully saturated rings. The normalized spacial score (nSPS) is 30.4.